The van der Waals surface area contributed by atoms with E-state index in [2.05, 4.69) is 34.1 Å². The molecule has 3 aromatic carbocycles. The monoisotopic (exact) mass is 567 g/mol. The Kier molecular flexibility index (Phi) is 11.9. The lowest BCUT2D eigenvalue weighted by Gasteiger charge is -2.15. The van der Waals surface area contributed by atoms with Crippen LogP contribution < -0.4 is 5.73 Å². The minimum absolute atomic E-state index is 0.388. The molecule has 0 aliphatic heterocycles. The summed E-state index contributed by atoms with van der Waals surface area (Å²) in [5.74, 6) is 0. The van der Waals surface area contributed by atoms with Crippen molar-refractivity contribution in [2.45, 2.75) is 64.3 Å². The van der Waals surface area contributed by atoms with Crippen molar-refractivity contribution < 1.29 is 0 Å². The van der Waals surface area contributed by atoms with Gasteiger partial charge in [-0.25, -0.2) is 0 Å². The molecule has 0 radical (unpaired) electrons. The largest absolute Gasteiger partial charge is 0.326 e. The zero-order valence-corrected chi connectivity index (χ0v) is 24.5. The highest BCUT2D eigenvalue weighted by Crippen LogP contribution is 2.24. The molecule has 0 saturated heterocycles. The molecule has 38 heavy (non-hydrogen) atoms. The van der Waals surface area contributed by atoms with Gasteiger partial charge in [0.1, 0.15) is 0 Å². The Balaban J connectivity index is 0.000000285. The third-order valence-electron chi connectivity index (χ3n) is 6.05. The van der Waals surface area contributed by atoms with Gasteiger partial charge < -0.3 is 5.73 Å². The van der Waals surface area contributed by atoms with Gasteiger partial charge in [0.25, 0.3) is 0 Å². The minimum Gasteiger partial charge on any atom is -0.326 e. The van der Waals surface area contributed by atoms with Crippen LogP contribution in [0.15, 0.2) is 77.3 Å². The Labute approximate surface area is 235 Å². The summed E-state index contributed by atoms with van der Waals surface area (Å²) in [6.45, 7) is 11.9. The molecule has 5 nitrogen and oxygen atoms in total. The van der Waals surface area contributed by atoms with Gasteiger partial charge in [-0.2, -0.15) is 21.0 Å². The lowest BCUT2D eigenvalue weighted by atomic mass is 9.86. The van der Waals surface area contributed by atoms with E-state index in [4.69, 9.17) is 26.8 Å². The summed E-state index contributed by atoms with van der Waals surface area (Å²) in [7, 11) is 0. The van der Waals surface area contributed by atoms with E-state index < -0.39 is 10.8 Å². The molecule has 0 aliphatic carbocycles. The van der Waals surface area contributed by atoms with E-state index in [1.807, 2.05) is 108 Å². The van der Waals surface area contributed by atoms with Gasteiger partial charge in [0.05, 0.1) is 46.1 Å². The molecule has 0 aromatic heterocycles. The fraction of sp³-hybridized carbons (Fsp3) is 0.312. The molecule has 0 aliphatic rings. The maximum atomic E-state index is 8.90. The van der Waals surface area contributed by atoms with Gasteiger partial charge in [-0.1, -0.05) is 64.5 Å². The second-order valence-corrected chi connectivity index (χ2v) is 11.2. The summed E-state index contributed by atoms with van der Waals surface area (Å²) < 4.78 is 1.04. The first-order valence-corrected chi connectivity index (χ1v) is 12.9. The van der Waals surface area contributed by atoms with Gasteiger partial charge in [-0.3, -0.25) is 0 Å². The van der Waals surface area contributed by atoms with E-state index in [1.165, 1.54) is 0 Å². The average molecular weight is 569 g/mol. The highest BCUT2D eigenvalue weighted by molar-refractivity contribution is 9.10. The summed E-state index contributed by atoms with van der Waals surface area (Å²) in [6, 6.07) is 31.6. The first kappa shape index (κ1) is 32.1. The fourth-order valence-corrected chi connectivity index (χ4v) is 3.34. The average Bonchev–Trinajstić information content (AvgIpc) is 2.94. The Hall–Kier alpha value is -3.94. The van der Waals surface area contributed by atoms with Gasteiger partial charge in [-0.05, 0) is 88.1 Å². The molecule has 0 atom stereocenters. The second-order valence-electron chi connectivity index (χ2n) is 10.3. The second kappa shape index (κ2) is 14.1. The Morgan fingerprint density at radius 3 is 1.18 bits per heavy atom. The van der Waals surface area contributed by atoms with E-state index in [-0.39, 0.29) is 5.41 Å². The number of nitrogens with two attached hydrogens (primary N) is 1. The van der Waals surface area contributed by atoms with E-state index >= 15 is 0 Å². The molecule has 0 heterocycles. The standard InChI is InChI=1S/C11H14N2.C11H10N2.C10H10BrN/c2*1-11(2,8-13)10-5-3-9(7-12)4-6-10;1-10(2,7-12)8-3-5-9(11)6-4-8/h3-6H,7,12H2,1-2H3;3-6H,1-2H3;3-6H,1-2H3. The van der Waals surface area contributed by atoms with Crippen molar-refractivity contribution >= 4 is 15.9 Å². The molecule has 0 unspecified atom stereocenters. The number of halogens is 1. The lowest BCUT2D eigenvalue weighted by molar-refractivity contribution is 0.686. The van der Waals surface area contributed by atoms with E-state index in [0.29, 0.717) is 12.1 Å². The molecular weight excluding hydrogens is 534 g/mol. The molecule has 194 valence electrons. The minimum atomic E-state index is -0.478. The maximum absolute atomic E-state index is 8.90. The number of nitrogens with zero attached hydrogens (tertiary/aromatic N) is 4. The summed E-state index contributed by atoms with van der Waals surface area (Å²) >= 11 is 3.35. The summed E-state index contributed by atoms with van der Waals surface area (Å²) in [5, 5.41) is 35.2. The predicted molar refractivity (Wildman–Crippen MR) is 156 cm³/mol. The van der Waals surface area contributed by atoms with E-state index in [9.17, 15) is 0 Å². The van der Waals surface area contributed by atoms with E-state index in [0.717, 1.165) is 26.7 Å². The zero-order chi connectivity index (χ0) is 29.0. The number of hydrogen-bond donors (Lipinski definition) is 1. The number of rotatable bonds is 4. The SMILES string of the molecule is CC(C)(C#N)c1ccc(Br)cc1.CC(C)(C#N)c1ccc(C#N)cc1.CC(C)(C#N)c1ccc(CN)cc1. The van der Waals surface area contributed by atoms with Crippen LogP contribution in [0.4, 0.5) is 0 Å². The van der Waals surface area contributed by atoms with Crippen molar-refractivity contribution in [1.82, 2.24) is 0 Å². The highest BCUT2D eigenvalue weighted by atomic mass is 79.9. The van der Waals surface area contributed by atoms with Crippen LogP contribution in [0, 0.1) is 45.3 Å². The van der Waals surface area contributed by atoms with Gasteiger partial charge >= 0.3 is 0 Å². The summed E-state index contributed by atoms with van der Waals surface area (Å²) in [5.41, 5.74) is 8.94. The van der Waals surface area contributed by atoms with Crippen molar-refractivity contribution in [3.8, 4) is 24.3 Å². The number of hydrogen-bond acceptors (Lipinski definition) is 5. The first-order valence-electron chi connectivity index (χ1n) is 12.1. The van der Waals surface area contributed by atoms with Gasteiger partial charge in [-0.15, -0.1) is 0 Å². The molecular formula is C32H34BrN5. The molecule has 0 saturated carbocycles. The molecule has 0 bridgehead atoms. The normalized spacial score (nSPS) is 10.6. The van der Waals surface area contributed by atoms with Gasteiger partial charge in [0.15, 0.2) is 0 Å². The van der Waals surface area contributed by atoms with Crippen LogP contribution in [0.3, 0.4) is 0 Å². The highest BCUT2D eigenvalue weighted by Gasteiger charge is 2.20. The molecule has 0 spiro atoms. The van der Waals surface area contributed by atoms with Crippen LogP contribution in [0.1, 0.15) is 69.4 Å². The van der Waals surface area contributed by atoms with E-state index in [1.54, 1.807) is 12.1 Å². The van der Waals surface area contributed by atoms with Crippen molar-refractivity contribution in [2.75, 3.05) is 0 Å². The molecule has 6 heteroatoms. The van der Waals surface area contributed by atoms with Crippen LogP contribution in [-0.4, -0.2) is 0 Å². The topological polar surface area (TPSA) is 121 Å². The maximum Gasteiger partial charge on any atom is 0.0991 e. The first-order chi connectivity index (χ1) is 17.8. The predicted octanol–water partition coefficient (Wildman–Crippen LogP) is 7.56. The zero-order valence-electron chi connectivity index (χ0n) is 22.9. The molecule has 2 N–H and O–H groups in total. The molecule has 0 amide bonds. The van der Waals surface area contributed by atoms with Crippen molar-refractivity contribution in [3.63, 3.8) is 0 Å². The number of nitriles is 4. The van der Waals surface area contributed by atoms with Crippen LogP contribution in [-0.2, 0) is 22.8 Å². The van der Waals surface area contributed by atoms with Gasteiger partial charge in [0, 0.05) is 11.0 Å². The van der Waals surface area contributed by atoms with Crippen LogP contribution in [0.5, 0.6) is 0 Å². The summed E-state index contributed by atoms with van der Waals surface area (Å²) in [6.07, 6.45) is 0. The quantitative estimate of drug-likeness (QED) is 0.348. The van der Waals surface area contributed by atoms with Crippen LogP contribution in [0.25, 0.3) is 0 Å². The Morgan fingerprint density at radius 2 is 0.895 bits per heavy atom. The van der Waals surface area contributed by atoms with Crippen LogP contribution in [0.2, 0.25) is 0 Å². The Morgan fingerprint density at radius 1 is 0.579 bits per heavy atom. The third kappa shape index (κ3) is 9.50. The Bertz CT molecular complexity index is 1340. The summed E-state index contributed by atoms with van der Waals surface area (Å²) in [4.78, 5) is 0. The smallest absolute Gasteiger partial charge is 0.0991 e. The fourth-order valence-electron chi connectivity index (χ4n) is 3.08. The van der Waals surface area contributed by atoms with Gasteiger partial charge in [0.2, 0.25) is 0 Å². The van der Waals surface area contributed by atoms with Crippen molar-refractivity contribution in [1.29, 1.82) is 21.0 Å². The number of benzene rings is 3. The molecule has 3 rings (SSSR count). The molecule has 0 fully saturated rings. The lowest BCUT2D eigenvalue weighted by Crippen LogP contribution is -2.13. The third-order valence-corrected chi connectivity index (χ3v) is 6.58. The van der Waals surface area contributed by atoms with Crippen LogP contribution >= 0.6 is 15.9 Å². The molecule has 3 aromatic rings. The van der Waals surface area contributed by atoms with Crippen molar-refractivity contribution in [2.24, 2.45) is 5.73 Å². The van der Waals surface area contributed by atoms with Crippen molar-refractivity contribution in [3.05, 3.63) is 105 Å².